The van der Waals surface area contributed by atoms with Crippen molar-refractivity contribution in [2.45, 2.75) is 19.4 Å². The van der Waals surface area contributed by atoms with Crippen LogP contribution in [0.5, 0.6) is 11.5 Å². The summed E-state index contributed by atoms with van der Waals surface area (Å²) < 4.78 is 31.8. The first-order chi connectivity index (χ1) is 12.0. The summed E-state index contributed by atoms with van der Waals surface area (Å²) in [6.45, 7) is 2.26. The van der Waals surface area contributed by atoms with Gasteiger partial charge in [-0.15, -0.1) is 0 Å². The van der Waals surface area contributed by atoms with Crippen LogP contribution in [0.15, 0.2) is 42.5 Å². The predicted octanol–water partition coefficient (Wildman–Crippen LogP) is 4.05. The van der Waals surface area contributed by atoms with Crippen LogP contribution in [0, 0.1) is 17.6 Å². The first-order valence-electron chi connectivity index (χ1n) is 8.17. The highest BCUT2D eigenvalue weighted by atomic mass is 19.1. The van der Waals surface area contributed by atoms with Gasteiger partial charge in [-0.05, 0) is 43.6 Å². The zero-order valence-corrected chi connectivity index (χ0v) is 13.6. The second-order valence-corrected chi connectivity index (χ2v) is 6.24. The van der Waals surface area contributed by atoms with Crippen molar-refractivity contribution in [1.29, 1.82) is 0 Å². The van der Waals surface area contributed by atoms with Gasteiger partial charge in [0.25, 0.3) is 0 Å². The summed E-state index contributed by atoms with van der Waals surface area (Å²) in [5.41, 5.74) is 1.08. The molecule has 0 bridgehead atoms. The fraction of sp³-hybridized carbons (Fsp3) is 0.316. The van der Waals surface area contributed by atoms with Crippen LogP contribution in [0.4, 0.5) is 8.78 Å². The molecule has 2 aromatic rings. The molecule has 0 aliphatic carbocycles. The minimum atomic E-state index is -0.713. The first-order valence-corrected chi connectivity index (χ1v) is 8.17. The van der Waals surface area contributed by atoms with Gasteiger partial charge in [0.15, 0.2) is 0 Å². The molecule has 1 saturated heterocycles. The second-order valence-electron chi connectivity index (χ2n) is 6.24. The van der Waals surface area contributed by atoms with Crippen LogP contribution >= 0.6 is 0 Å². The maximum atomic E-state index is 13.2. The molecule has 1 aliphatic rings. The number of aliphatic carboxylic acids is 1. The molecule has 2 aromatic carbocycles. The Bertz CT molecular complexity index is 721. The first kappa shape index (κ1) is 17.4. The van der Waals surface area contributed by atoms with Gasteiger partial charge in [-0.1, -0.05) is 12.1 Å². The standard InChI is InChI=1S/C19H19F2NO3/c20-15-9-16(21)11-18(10-15)25-17-3-1-13(2-4-17)12-22-7-5-14(6-8-22)19(23)24/h1-4,9-11,14H,5-8,12H2,(H,23,24). The van der Waals surface area contributed by atoms with E-state index in [1.54, 1.807) is 12.1 Å². The van der Waals surface area contributed by atoms with Gasteiger partial charge in [-0.2, -0.15) is 0 Å². The third kappa shape index (κ3) is 4.76. The molecule has 3 rings (SSSR count). The van der Waals surface area contributed by atoms with Crippen LogP contribution in [0.3, 0.4) is 0 Å². The molecule has 0 aromatic heterocycles. The van der Waals surface area contributed by atoms with Crippen molar-refractivity contribution in [2.24, 2.45) is 5.92 Å². The number of hydrogen-bond acceptors (Lipinski definition) is 3. The molecule has 1 fully saturated rings. The van der Waals surface area contributed by atoms with Gasteiger partial charge in [0, 0.05) is 24.7 Å². The van der Waals surface area contributed by atoms with Gasteiger partial charge in [0.2, 0.25) is 0 Å². The Kier molecular flexibility index (Phi) is 5.28. The summed E-state index contributed by atoms with van der Waals surface area (Å²) >= 11 is 0. The van der Waals surface area contributed by atoms with Crippen molar-refractivity contribution in [3.05, 3.63) is 59.7 Å². The van der Waals surface area contributed by atoms with E-state index >= 15 is 0 Å². The van der Waals surface area contributed by atoms with Crippen LogP contribution in [0.2, 0.25) is 0 Å². The number of nitrogens with zero attached hydrogens (tertiary/aromatic N) is 1. The minimum Gasteiger partial charge on any atom is -0.481 e. The number of hydrogen-bond donors (Lipinski definition) is 1. The van der Waals surface area contributed by atoms with E-state index in [0.29, 0.717) is 18.6 Å². The van der Waals surface area contributed by atoms with Crippen molar-refractivity contribution >= 4 is 5.97 Å². The molecule has 6 heteroatoms. The quantitative estimate of drug-likeness (QED) is 0.886. The largest absolute Gasteiger partial charge is 0.481 e. The number of benzene rings is 2. The second kappa shape index (κ2) is 7.61. The van der Waals surface area contributed by atoms with E-state index < -0.39 is 17.6 Å². The van der Waals surface area contributed by atoms with Crippen molar-refractivity contribution in [1.82, 2.24) is 4.90 Å². The Morgan fingerprint density at radius 1 is 1.04 bits per heavy atom. The number of carbonyl (C=O) groups is 1. The highest BCUT2D eigenvalue weighted by Gasteiger charge is 2.24. The third-order valence-corrected chi connectivity index (χ3v) is 4.34. The maximum Gasteiger partial charge on any atom is 0.306 e. The number of halogens is 2. The highest BCUT2D eigenvalue weighted by Crippen LogP contribution is 2.24. The Hall–Kier alpha value is -2.47. The van der Waals surface area contributed by atoms with E-state index in [-0.39, 0.29) is 11.7 Å². The molecule has 0 atom stereocenters. The molecule has 0 saturated carbocycles. The van der Waals surface area contributed by atoms with Crippen molar-refractivity contribution in [3.8, 4) is 11.5 Å². The molecule has 0 amide bonds. The van der Waals surface area contributed by atoms with Crippen LogP contribution in [0.25, 0.3) is 0 Å². The lowest BCUT2D eigenvalue weighted by molar-refractivity contribution is -0.143. The van der Waals surface area contributed by atoms with Gasteiger partial charge < -0.3 is 9.84 Å². The number of carboxylic acid groups (broad SMARTS) is 1. The fourth-order valence-corrected chi connectivity index (χ4v) is 2.98. The van der Waals surface area contributed by atoms with Crippen LogP contribution in [-0.2, 0) is 11.3 Å². The average Bonchev–Trinajstić information content (AvgIpc) is 2.56. The van der Waals surface area contributed by atoms with Crippen molar-refractivity contribution in [2.75, 3.05) is 13.1 Å². The highest BCUT2D eigenvalue weighted by molar-refractivity contribution is 5.70. The lowest BCUT2D eigenvalue weighted by Crippen LogP contribution is -2.35. The average molecular weight is 347 g/mol. The normalized spacial score (nSPS) is 15.9. The van der Waals surface area contributed by atoms with E-state index in [1.165, 1.54) is 0 Å². The summed E-state index contributed by atoms with van der Waals surface area (Å²) in [5, 5.41) is 9.02. The Labute approximate surface area is 144 Å². The number of carboxylic acids is 1. The minimum absolute atomic E-state index is 0.112. The SMILES string of the molecule is O=C(O)C1CCN(Cc2ccc(Oc3cc(F)cc(F)c3)cc2)CC1. The number of likely N-dealkylation sites (tertiary alicyclic amines) is 1. The summed E-state index contributed by atoms with van der Waals surface area (Å²) in [6, 6.07) is 10.4. The predicted molar refractivity (Wildman–Crippen MR) is 88.5 cm³/mol. The summed E-state index contributed by atoms with van der Waals surface area (Å²) in [4.78, 5) is 13.2. The topological polar surface area (TPSA) is 49.8 Å². The van der Waals surface area contributed by atoms with Crippen molar-refractivity contribution < 1.29 is 23.4 Å². The Morgan fingerprint density at radius 3 is 2.20 bits per heavy atom. The molecule has 1 N–H and O–H groups in total. The molecule has 4 nitrogen and oxygen atoms in total. The van der Waals surface area contributed by atoms with E-state index in [4.69, 9.17) is 9.84 Å². The number of rotatable bonds is 5. The van der Waals surface area contributed by atoms with Gasteiger partial charge in [-0.3, -0.25) is 9.69 Å². The van der Waals surface area contributed by atoms with Gasteiger partial charge in [-0.25, -0.2) is 8.78 Å². The summed E-state index contributed by atoms with van der Waals surface area (Å²) in [5.74, 6) is -1.71. The van der Waals surface area contributed by atoms with E-state index in [2.05, 4.69) is 4.90 Å². The Balaban J connectivity index is 1.56. The summed E-state index contributed by atoms with van der Waals surface area (Å²) in [6.07, 6.45) is 1.34. The van der Waals surface area contributed by atoms with E-state index in [1.807, 2.05) is 12.1 Å². The molecule has 1 aliphatic heterocycles. The number of ether oxygens (including phenoxy) is 1. The van der Waals surface area contributed by atoms with Crippen LogP contribution < -0.4 is 4.74 Å². The van der Waals surface area contributed by atoms with Gasteiger partial charge >= 0.3 is 5.97 Å². The molecule has 25 heavy (non-hydrogen) atoms. The molecule has 0 unspecified atom stereocenters. The smallest absolute Gasteiger partial charge is 0.306 e. The number of piperidine rings is 1. The maximum absolute atomic E-state index is 13.2. The van der Waals surface area contributed by atoms with Crippen LogP contribution in [0.1, 0.15) is 18.4 Å². The summed E-state index contributed by atoms with van der Waals surface area (Å²) in [7, 11) is 0. The zero-order valence-electron chi connectivity index (χ0n) is 13.6. The molecule has 0 spiro atoms. The fourth-order valence-electron chi connectivity index (χ4n) is 2.98. The molecule has 132 valence electrons. The van der Waals surface area contributed by atoms with Gasteiger partial charge in [0.1, 0.15) is 23.1 Å². The van der Waals surface area contributed by atoms with Gasteiger partial charge in [0.05, 0.1) is 5.92 Å². The Morgan fingerprint density at radius 2 is 1.64 bits per heavy atom. The van der Waals surface area contributed by atoms with E-state index in [9.17, 15) is 13.6 Å². The monoisotopic (exact) mass is 347 g/mol. The lowest BCUT2D eigenvalue weighted by Gasteiger charge is -2.30. The zero-order chi connectivity index (χ0) is 17.8. The van der Waals surface area contributed by atoms with Crippen molar-refractivity contribution in [3.63, 3.8) is 0 Å². The molecule has 1 heterocycles. The van der Waals surface area contributed by atoms with E-state index in [0.717, 1.165) is 43.4 Å². The lowest BCUT2D eigenvalue weighted by atomic mass is 9.97. The van der Waals surface area contributed by atoms with Crippen LogP contribution in [-0.4, -0.2) is 29.1 Å². The molecule has 0 radical (unpaired) electrons. The molecular formula is C19H19F2NO3. The molecular weight excluding hydrogens is 328 g/mol. The third-order valence-electron chi connectivity index (χ3n) is 4.34.